The molecule has 2 amide bonds. The first-order valence-electron chi connectivity index (χ1n) is 8.76. The van der Waals surface area contributed by atoms with E-state index in [9.17, 15) is 29.8 Å². The summed E-state index contributed by atoms with van der Waals surface area (Å²) in [5, 5.41) is 26.9. The van der Waals surface area contributed by atoms with Gasteiger partial charge in [0.2, 0.25) is 0 Å². The van der Waals surface area contributed by atoms with Gasteiger partial charge in [-0.2, -0.15) is 0 Å². The van der Waals surface area contributed by atoms with Gasteiger partial charge in [0.1, 0.15) is 0 Å². The van der Waals surface area contributed by atoms with Gasteiger partial charge in [0.05, 0.1) is 21.2 Å². The van der Waals surface area contributed by atoms with Crippen molar-refractivity contribution in [2.45, 2.75) is 0 Å². The Morgan fingerprint density at radius 2 is 1.00 bits per heavy atom. The van der Waals surface area contributed by atoms with Crippen LogP contribution in [0.15, 0.2) is 69.6 Å². The highest BCUT2D eigenvalue weighted by molar-refractivity contribution is 9.11. The second-order valence-electron chi connectivity index (χ2n) is 6.33. The van der Waals surface area contributed by atoms with Gasteiger partial charge in [0, 0.05) is 44.3 Å². The first-order chi connectivity index (χ1) is 15.2. The maximum Gasteiger partial charge on any atom is 0.270 e. The molecule has 0 saturated heterocycles. The summed E-state index contributed by atoms with van der Waals surface area (Å²) in [6.07, 6.45) is 0. The van der Waals surface area contributed by atoms with Crippen LogP contribution < -0.4 is 10.6 Å². The van der Waals surface area contributed by atoms with Crippen molar-refractivity contribution in [2.75, 3.05) is 10.6 Å². The number of hydrogen-bond acceptors (Lipinski definition) is 6. The third-order valence-corrected chi connectivity index (χ3v) is 5.54. The van der Waals surface area contributed by atoms with Crippen LogP contribution in [0, 0.1) is 20.2 Å². The smallest absolute Gasteiger partial charge is 0.270 e. The van der Waals surface area contributed by atoms with Crippen LogP contribution in [0.2, 0.25) is 0 Å². The molecule has 3 aromatic rings. The monoisotopic (exact) mass is 562 g/mol. The first kappa shape index (κ1) is 23.0. The summed E-state index contributed by atoms with van der Waals surface area (Å²) in [6, 6.07) is 13.7. The van der Waals surface area contributed by atoms with Crippen LogP contribution in [0.1, 0.15) is 20.7 Å². The molecule has 0 atom stereocenters. The van der Waals surface area contributed by atoms with Crippen molar-refractivity contribution in [3.63, 3.8) is 0 Å². The number of halogens is 2. The van der Waals surface area contributed by atoms with Gasteiger partial charge in [0.15, 0.2) is 0 Å². The van der Waals surface area contributed by atoms with E-state index < -0.39 is 21.7 Å². The van der Waals surface area contributed by atoms with E-state index in [0.29, 0.717) is 20.3 Å². The van der Waals surface area contributed by atoms with Crippen LogP contribution >= 0.6 is 31.9 Å². The van der Waals surface area contributed by atoms with Gasteiger partial charge in [0.25, 0.3) is 23.2 Å². The predicted octanol–water partition coefficient (Wildman–Crippen LogP) is 5.53. The maximum absolute atomic E-state index is 12.5. The van der Waals surface area contributed by atoms with Crippen molar-refractivity contribution in [2.24, 2.45) is 0 Å². The van der Waals surface area contributed by atoms with E-state index in [0.717, 1.165) is 0 Å². The maximum atomic E-state index is 12.5. The fourth-order valence-corrected chi connectivity index (χ4v) is 3.53. The summed E-state index contributed by atoms with van der Waals surface area (Å²) >= 11 is 6.37. The lowest BCUT2D eigenvalue weighted by Crippen LogP contribution is -2.15. The molecule has 0 aromatic heterocycles. The van der Waals surface area contributed by atoms with Crippen molar-refractivity contribution >= 4 is 66.4 Å². The van der Waals surface area contributed by atoms with Crippen molar-refractivity contribution < 1.29 is 19.4 Å². The largest absolute Gasteiger partial charge is 0.321 e. The number of non-ortho nitro benzene ring substituents is 2. The fraction of sp³-hybridized carbons (Fsp3) is 0. The minimum absolute atomic E-state index is 0.120. The Balaban J connectivity index is 1.69. The second kappa shape index (κ2) is 9.66. The second-order valence-corrected chi connectivity index (χ2v) is 8.04. The molecule has 0 saturated carbocycles. The molecule has 32 heavy (non-hydrogen) atoms. The van der Waals surface area contributed by atoms with Gasteiger partial charge >= 0.3 is 0 Å². The van der Waals surface area contributed by atoms with Crippen molar-refractivity contribution in [3.8, 4) is 0 Å². The van der Waals surface area contributed by atoms with E-state index in [1.54, 1.807) is 0 Å². The van der Waals surface area contributed by atoms with E-state index in [1.165, 1.54) is 60.7 Å². The van der Waals surface area contributed by atoms with Gasteiger partial charge in [-0.05, 0) is 68.3 Å². The Kier molecular flexibility index (Phi) is 6.95. The van der Waals surface area contributed by atoms with Crippen molar-refractivity contribution in [1.29, 1.82) is 0 Å². The van der Waals surface area contributed by atoms with Crippen molar-refractivity contribution in [1.82, 2.24) is 0 Å². The fourth-order valence-electron chi connectivity index (χ4n) is 2.60. The number of benzene rings is 3. The standard InChI is InChI=1S/C20H12Br2N4O6/c21-15-9-13(25(29)30)5-7-17(15)23-19(27)11-1-2-12(4-3-11)20(28)24-18-8-6-14(26(31)32)10-16(18)22/h1-10H,(H,23,27)(H,24,28). The van der Waals surface area contributed by atoms with Gasteiger partial charge in [-0.3, -0.25) is 29.8 Å². The quantitative estimate of drug-likeness (QED) is 0.298. The number of hydrogen-bond donors (Lipinski definition) is 2. The molecule has 0 radical (unpaired) electrons. The number of nitro groups is 2. The zero-order valence-electron chi connectivity index (χ0n) is 15.9. The molecule has 0 aliphatic carbocycles. The molecule has 3 rings (SSSR count). The summed E-state index contributed by atoms with van der Waals surface area (Å²) < 4.78 is 0.703. The lowest BCUT2D eigenvalue weighted by atomic mass is 10.1. The normalized spacial score (nSPS) is 10.3. The molecule has 162 valence electrons. The highest BCUT2D eigenvalue weighted by Crippen LogP contribution is 2.28. The highest BCUT2D eigenvalue weighted by atomic mass is 79.9. The molecule has 10 nitrogen and oxygen atoms in total. The molecule has 0 aliphatic rings. The minimum atomic E-state index is -0.546. The van der Waals surface area contributed by atoms with E-state index in [1.807, 2.05) is 0 Å². The van der Waals surface area contributed by atoms with Crippen LogP contribution in [0.4, 0.5) is 22.7 Å². The van der Waals surface area contributed by atoms with E-state index in [4.69, 9.17) is 0 Å². The summed E-state index contributed by atoms with van der Waals surface area (Å²) in [5.41, 5.74) is 0.998. The zero-order valence-corrected chi connectivity index (χ0v) is 19.0. The first-order valence-corrected chi connectivity index (χ1v) is 10.3. The molecule has 0 bridgehead atoms. The van der Waals surface area contributed by atoms with Crippen LogP contribution in [-0.2, 0) is 0 Å². The molecule has 0 aliphatic heterocycles. The number of rotatable bonds is 6. The lowest BCUT2D eigenvalue weighted by molar-refractivity contribution is -0.385. The van der Waals surface area contributed by atoms with Gasteiger partial charge in [-0.15, -0.1) is 0 Å². The molecule has 0 unspecified atom stereocenters. The van der Waals surface area contributed by atoms with E-state index in [2.05, 4.69) is 42.5 Å². The predicted molar refractivity (Wildman–Crippen MR) is 124 cm³/mol. The third-order valence-electron chi connectivity index (χ3n) is 4.23. The number of carbonyl (C=O) groups excluding carboxylic acids is 2. The Morgan fingerprint density at radius 1 is 0.656 bits per heavy atom. The summed E-state index contributed by atoms with van der Waals surface area (Å²) in [7, 11) is 0. The molecule has 12 heteroatoms. The number of nitrogens with one attached hydrogen (secondary N) is 2. The molecule has 3 aromatic carbocycles. The minimum Gasteiger partial charge on any atom is -0.321 e. The lowest BCUT2D eigenvalue weighted by Gasteiger charge is -2.09. The Morgan fingerprint density at radius 3 is 1.28 bits per heavy atom. The Bertz CT molecular complexity index is 1150. The Labute approximate surface area is 197 Å². The summed E-state index contributed by atoms with van der Waals surface area (Å²) in [4.78, 5) is 45.4. The molecular formula is C20H12Br2N4O6. The molecule has 0 heterocycles. The highest BCUT2D eigenvalue weighted by Gasteiger charge is 2.15. The molecular weight excluding hydrogens is 552 g/mol. The SMILES string of the molecule is O=C(Nc1ccc([N+](=O)[O-])cc1Br)c1ccc(C(=O)Nc2ccc([N+](=O)[O-])cc2Br)cc1. The van der Waals surface area contributed by atoms with Crippen LogP contribution in [0.25, 0.3) is 0 Å². The zero-order chi connectivity index (χ0) is 23.4. The van der Waals surface area contributed by atoms with Crippen molar-refractivity contribution in [3.05, 3.63) is 101 Å². The Hall–Kier alpha value is -3.64. The van der Waals surface area contributed by atoms with Gasteiger partial charge in [-0.25, -0.2) is 0 Å². The molecule has 0 fully saturated rings. The molecule has 2 N–H and O–H groups in total. The number of nitro benzene ring substituents is 2. The van der Waals surface area contributed by atoms with Crippen LogP contribution in [-0.4, -0.2) is 21.7 Å². The third kappa shape index (κ3) is 5.34. The average molecular weight is 564 g/mol. The van der Waals surface area contributed by atoms with Gasteiger partial charge < -0.3 is 10.6 Å². The summed E-state index contributed by atoms with van der Waals surface area (Å²) in [6.45, 7) is 0. The number of anilines is 2. The van der Waals surface area contributed by atoms with E-state index >= 15 is 0 Å². The van der Waals surface area contributed by atoms with Gasteiger partial charge in [-0.1, -0.05) is 0 Å². The number of amides is 2. The van der Waals surface area contributed by atoms with Crippen LogP contribution in [0.5, 0.6) is 0 Å². The number of nitrogens with zero attached hydrogens (tertiary/aromatic N) is 2. The van der Waals surface area contributed by atoms with Crippen LogP contribution in [0.3, 0.4) is 0 Å². The molecule has 0 spiro atoms. The van der Waals surface area contributed by atoms with E-state index in [-0.39, 0.29) is 22.5 Å². The average Bonchev–Trinajstić information content (AvgIpc) is 2.76. The number of carbonyl (C=O) groups is 2. The topological polar surface area (TPSA) is 144 Å². The summed E-state index contributed by atoms with van der Waals surface area (Å²) in [5.74, 6) is -0.936.